The summed E-state index contributed by atoms with van der Waals surface area (Å²) < 4.78 is 17.0. The summed E-state index contributed by atoms with van der Waals surface area (Å²) in [6.45, 7) is 12.4. The van der Waals surface area contributed by atoms with E-state index in [0.717, 1.165) is 11.1 Å². The first-order valence-corrected chi connectivity index (χ1v) is 13.8. The van der Waals surface area contributed by atoms with E-state index in [1.807, 2.05) is 31.8 Å². The highest BCUT2D eigenvalue weighted by Crippen LogP contribution is 2.25. The zero-order valence-electron chi connectivity index (χ0n) is 13.4. The zero-order valence-corrected chi connectivity index (χ0v) is 15.4. The molecule has 0 aliphatic heterocycles. The highest BCUT2D eigenvalue weighted by Gasteiger charge is 2.20. The molecule has 2 rings (SSSR count). The molecule has 0 spiro atoms. The molecule has 114 valence electrons. The molecule has 4 nitrogen and oxygen atoms in total. The highest BCUT2D eigenvalue weighted by molar-refractivity contribution is 6.70. The first kappa shape index (κ1) is 15.8. The molecule has 0 amide bonds. The molecule has 0 aliphatic rings. The molecule has 21 heavy (non-hydrogen) atoms. The lowest BCUT2D eigenvalue weighted by Gasteiger charge is -2.20. The van der Waals surface area contributed by atoms with E-state index in [0.29, 0.717) is 11.3 Å². The smallest absolute Gasteiger partial charge is 0.377 e. The molecule has 0 unspecified atom stereocenters. The molecule has 2 aromatic rings. The molecule has 6 heteroatoms. The Morgan fingerprint density at radius 1 is 0.905 bits per heavy atom. The number of hydrogen-bond acceptors (Lipinski definition) is 4. The van der Waals surface area contributed by atoms with Crippen molar-refractivity contribution in [1.29, 1.82) is 0 Å². The minimum Gasteiger partial charge on any atom is -0.544 e. The van der Waals surface area contributed by atoms with Crippen molar-refractivity contribution in [3.63, 3.8) is 0 Å². The van der Waals surface area contributed by atoms with Gasteiger partial charge in [-0.15, -0.1) is 0 Å². The van der Waals surface area contributed by atoms with Crippen molar-refractivity contribution in [3.8, 4) is 11.5 Å². The van der Waals surface area contributed by atoms with Crippen molar-refractivity contribution in [2.24, 2.45) is 0 Å². The van der Waals surface area contributed by atoms with Crippen LogP contribution in [0.4, 0.5) is 0 Å². The van der Waals surface area contributed by atoms with E-state index in [1.54, 1.807) is 12.1 Å². The van der Waals surface area contributed by atoms with Gasteiger partial charge in [0.15, 0.2) is 5.75 Å². The van der Waals surface area contributed by atoms with Gasteiger partial charge in [-0.2, -0.15) is 0 Å². The normalized spacial score (nSPS) is 12.5. The second kappa shape index (κ2) is 5.34. The van der Waals surface area contributed by atoms with Crippen molar-refractivity contribution in [2.45, 2.75) is 39.3 Å². The molecule has 0 N–H and O–H groups in total. The lowest BCUT2D eigenvalue weighted by Crippen LogP contribution is -2.31. The number of benzene rings is 1. The van der Waals surface area contributed by atoms with Crippen LogP contribution in [0, 0.1) is 0 Å². The van der Waals surface area contributed by atoms with Gasteiger partial charge in [0.2, 0.25) is 16.6 Å². The first-order chi connectivity index (χ1) is 9.53. The summed E-state index contributed by atoms with van der Waals surface area (Å²) in [7, 11) is -3.52. The van der Waals surface area contributed by atoms with Gasteiger partial charge in [-0.05, 0) is 57.5 Å². The standard InChI is InChI=1S/C15H22O4Si2/c1-20(2,3)18-12-8-7-11-9-14(19-21(4,5)6)15(16)17-13(11)10-12/h7-10H,1-6H3. The molecule has 1 aromatic carbocycles. The minimum atomic E-state index is -1.84. The fraction of sp³-hybridized carbons (Fsp3) is 0.400. The maximum Gasteiger partial charge on any atom is 0.377 e. The molecule has 0 saturated heterocycles. The van der Waals surface area contributed by atoms with Crippen LogP contribution in [-0.4, -0.2) is 16.6 Å². The maximum absolute atomic E-state index is 12.0. The lowest BCUT2D eigenvalue weighted by molar-refractivity contribution is 0.480. The molecule has 0 aliphatic carbocycles. The summed E-state index contributed by atoms with van der Waals surface area (Å²) in [6.07, 6.45) is 0. The van der Waals surface area contributed by atoms with Gasteiger partial charge >= 0.3 is 5.63 Å². The van der Waals surface area contributed by atoms with E-state index in [1.165, 1.54) is 0 Å². The van der Waals surface area contributed by atoms with Gasteiger partial charge in [-0.3, -0.25) is 0 Å². The van der Waals surface area contributed by atoms with Crippen LogP contribution in [0.5, 0.6) is 11.5 Å². The van der Waals surface area contributed by atoms with Gasteiger partial charge in [0, 0.05) is 11.5 Å². The zero-order chi connectivity index (χ0) is 15.8. The van der Waals surface area contributed by atoms with E-state index in [9.17, 15) is 4.79 Å². The summed E-state index contributed by atoms with van der Waals surface area (Å²) in [5, 5.41) is 0.839. The Morgan fingerprint density at radius 3 is 2.10 bits per heavy atom. The topological polar surface area (TPSA) is 48.7 Å². The van der Waals surface area contributed by atoms with Crippen LogP contribution in [0.1, 0.15) is 0 Å². The Kier molecular flexibility index (Phi) is 4.03. The van der Waals surface area contributed by atoms with Gasteiger partial charge in [-0.1, -0.05) is 0 Å². The van der Waals surface area contributed by atoms with E-state index in [4.69, 9.17) is 13.3 Å². The number of hydrogen-bond donors (Lipinski definition) is 0. The van der Waals surface area contributed by atoms with Crippen molar-refractivity contribution in [2.75, 3.05) is 0 Å². The van der Waals surface area contributed by atoms with Crippen LogP contribution in [0.3, 0.4) is 0 Å². The van der Waals surface area contributed by atoms with E-state index in [-0.39, 0.29) is 0 Å². The summed E-state index contributed by atoms with van der Waals surface area (Å²) in [5.41, 5.74) is 0.0914. The number of fused-ring (bicyclic) bond motifs is 1. The summed E-state index contributed by atoms with van der Waals surface area (Å²) in [6, 6.07) is 7.31. The molecule has 0 saturated carbocycles. The third kappa shape index (κ3) is 4.47. The minimum absolute atomic E-state index is 0.292. The van der Waals surface area contributed by atoms with Gasteiger partial charge in [-0.25, -0.2) is 4.79 Å². The fourth-order valence-electron chi connectivity index (χ4n) is 1.89. The third-order valence-electron chi connectivity index (χ3n) is 2.52. The Morgan fingerprint density at radius 2 is 1.52 bits per heavy atom. The van der Waals surface area contributed by atoms with Gasteiger partial charge in [0.25, 0.3) is 0 Å². The van der Waals surface area contributed by atoms with Crippen molar-refractivity contribution in [3.05, 3.63) is 34.7 Å². The Labute approximate surface area is 127 Å². The van der Waals surface area contributed by atoms with Crippen molar-refractivity contribution >= 4 is 27.6 Å². The fourth-order valence-corrected chi connectivity index (χ4v) is 3.53. The predicted molar refractivity (Wildman–Crippen MR) is 90.4 cm³/mol. The molecule has 1 heterocycles. The van der Waals surface area contributed by atoms with Gasteiger partial charge in [0.05, 0.1) is 0 Å². The lowest BCUT2D eigenvalue weighted by atomic mass is 10.2. The second-order valence-corrected chi connectivity index (χ2v) is 15.9. The molecule has 0 fully saturated rings. The predicted octanol–water partition coefficient (Wildman–Crippen LogP) is 4.22. The Hall–Kier alpha value is -1.54. The van der Waals surface area contributed by atoms with E-state index in [2.05, 4.69) is 19.6 Å². The molecule has 0 radical (unpaired) electrons. The summed E-state index contributed by atoms with van der Waals surface area (Å²) in [5.74, 6) is 1.03. The average Bonchev–Trinajstić information content (AvgIpc) is 2.26. The van der Waals surface area contributed by atoms with Crippen LogP contribution in [0.15, 0.2) is 33.5 Å². The second-order valence-electron chi connectivity index (χ2n) is 7.03. The third-order valence-corrected chi connectivity index (χ3v) is 4.20. The SMILES string of the molecule is C[Si](C)(C)Oc1ccc2cc(O[Si](C)(C)C)c(=O)oc2c1. The van der Waals surface area contributed by atoms with Crippen LogP contribution in [0.25, 0.3) is 11.0 Å². The van der Waals surface area contributed by atoms with Crippen LogP contribution in [-0.2, 0) is 0 Å². The first-order valence-electron chi connectivity index (χ1n) is 6.99. The molecular formula is C15H22O4Si2. The summed E-state index contributed by atoms with van der Waals surface area (Å²) in [4.78, 5) is 12.0. The van der Waals surface area contributed by atoms with Crippen molar-refractivity contribution in [1.82, 2.24) is 0 Å². The quantitative estimate of drug-likeness (QED) is 0.624. The van der Waals surface area contributed by atoms with Gasteiger partial charge < -0.3 is 13.3 Å². The number of rotatable bonds is 4. The van der Waals surface area contributed by atoms with Crippen LogP contribution >= 0.6 is 0 Å². The monoisotopic (exact) mass is 322 g/mol. The molecule has 1 aromatic heterocycles. The van der Waals surface area contributed by atoms with Crippen LogP contribution in [0.2, 0.25) is 39.3 Å². The van der Waals surface area contributed by atoms with Gasteiger partial charge in [0.1, 0.15) is 11.3 Å². The van der Waals surface area contributed by atoms with Crippen LogP contribution < -0.4 is 14.5 Å². The van der Waals surface area contributed by atoms with Crippen molar-refractivity contribution < 1.29 is 13.3 Å². The van der Waals surface area contributed by atoms with E-state index < -0.39 is 22.3 Å². The largest absolute Gasteiger partial charge is 0.544 e. The maximum atomic E-state index is 12.0. The molecular weight excluding hydrogens is 300 g/mol. The average molecular weight is 323 g/mol. The molecule has 0 bridgehead atoms. The Bertz CT molecular complexity index is 708. The summed E-state index contributed by atoms with van der Waals surface area (Å²) >= 11 is 0. The Balaban J connectivity index is 2.43. The van der Waals surface area contributed by atoms with E-state index >= 15 is 0 Å². The molecule has 0 atom stereocenters. The highest BCUT2D eigenvalue weighted by atomic mass is 28.4.